The summed E-state index contributed by atoms with van der Waals surface area (Å²) in [5, 5.41) is 4.74. The number of nitrogens with zero attached hydrogens (tertiary/aromatic N) is 1. The number of furan rings is 1. The van der Waals surface area contributed by atoms with Crippen LogP contribution in [0.2, 0.25) is 0 Å². The van der Waals surface area contributed by atoms with E-state index in [0.29, 0.717) is 0 Å². The van der Waals surface area contributed by atoms with Crippen molar-refractivity contribution in [2.45, 2.75) is 5.41 Å². The first-order chi connectivity index (χ1) is 28.8. The molecule has 2 nitrogen and oxygen atoms in total. The van der Waals surface area contributed by atoms with Gasteiger partial charge in [-0.25, -0.2) is 0 Å². The van der Waals surface area contributed by atoms with Crippen LogP contribution in [0, 0.1) is 0 Å². The van der Waals surface area contributed by atoms with E-state index in [1.165, 1.54) is 53.6 Å². The summed E-state index contributed by atoms with van der Waals surface area (Å²) in [6.45, 7) is 0. The Hall–Kier alpha value is -7.20. The van der Waals surface area contributed by atoms with E-state index in [1.807, 2.05) is 11.3 Å². The third-order valence-electron chi connectivity index (χ3n) is 12.2. The molecule has 1 aliphatic carbocycles. The van der Waals surface area contributed by atoms with Gasteiger partial charge in [0.2, 0.25) is 0 Å². The van der Waals surface area contributed by atoms with Gasteiger partial charge in [-0.15, -0.1) is 11.3 Å². The maximum Gasteiger partial charge on any atom is 0.144 e. The topological polar surface area (TPSA) is 16.4 Å². The standard InChI is InChI=1S/C55H35NOS/c1-4-15-37(16-5-1)55(38-17-6-2-7-18-38)48-25-12-10-21-43(48)44-32-31-41(35-49(44)55)56(39-19-8-3-9-20-39)40-29-27-36(28-30-40)42-23-14-24-45-46-33-34-51-52(54(46)57-53(42)45)47-22-11-13-26-50(47)58-51/h1-35H. The highest BCUT2D eigenvalue weighted by Gasteiger charge is 2.46. The first-order valence-electron chi connectivity index (χ1n) is 19.8. The second kappa shape index (κ2) is 12.9. The van der Waals surface area contributed by atoms with E-state index in [1.54, 1.807) is 0 Å². The van der Waals surface area contributed by atoms with Crippen molar-refractivity contribution in [3.05, 3.63) is 235 Å². The second-order valence-corrected chi connectivity index (χ2v) is 16.3. The first-order valence-corrected chi connectivity index (χ1v) is 20.7. The summed E-state index contributed by atoms with van der Waals surface area (Å²) >= 11 is 1.82. The molecule has 272 valence electrons. The Labute approximate surface area is 340 Å². The molecule has 0 atom stereocenters. The molecule has 0 amide bonds. The summed E-state index contributed by atoms with van der Waals surface area (Å²) < 4.78 is 9.42. The van der Waals surface area contributed by atoms with Crippen molar-refractivity contribution < 1.29 is 4.42 Å². The van der Waals surface area contributed by atoms with Crippen molar-refractivity contribution in [3.63, 3.8) is 0 Å². The molecule has 58 heavy (non-hydrogen) atoms. The number of hydrogen-bond donors (Lipinski definition) is 0. The van der Waals surface area contributed by atoms with Gasteiger partial charge in [0.1, 0.15) is 11.2 Å². The molecule has 0 N–H and O–H groups in total. The van der Waals surface area contributed by atoms with Crippen LogP contribution < -0.4 is 4.90 Å². The normalized spacial score (nSPS) is 13.0. The number of rotatable bonds is 6. The molecule has 0 bridgehead atoms. The van der Waals surface area contributed by atoms with Crippen LogP contribution in [0.15, 0.2) is 217 Å². The molecule has 0 saturated carbocycles. The summed E-state index contributed by atoms with van der Waals surface area (Å²) in [6, 6.07) is 77.3. The molecule has 2 aromatic heterocycles. The molecule has 3 heteroatoms. The van der Waals surface area contributed by atoms with E-state index in [-0.39, 0.29) is 0 Å². The summed E-state index contributed by atoms with van der Waals surface area (Å²) in [5.74, 6) is 0. The third kappa shape index (κ3) is 4.78. The van der Waals surface area contributed by atoms with Gasteiger partial charge in [0, 0.05) is 53.6 Å². The van der Waals surface area contributed by atoms with Crippen LogP contribution >= 0.6 is 11.3 Å². The number of benzene rings is 9. The Kier molecular flexibility index (Phi) is 7.35. The van der Waals surface area contributed by atoms with Crippen molar-refractivity contribution >= 4 is 70.5 Å². The molecule has 2 heterocycles. The molecule has 0 unspecified atom stereocenters. The van der Waals surface area contributed by atoms with Gasteiger partial charge in [0.25, 0.3) is 0 Å². The van der Waals surface area contributed by atoms with E-state index in [9.17, 15) is 0 Å². The highest BCUT2D eigenvalue weighted by molar-refractivity contribution is 7.26. The van der Waals surface area contributed by atoms with E-state index in [0.717, 1.165) is 50.1 Å². The lowest BCUT2D eigenvalue weighted by molar-refractivity contribution is 0.674. The van der Waals surface area contributed by atoms with Crippen LogP contribution in [0.1, 0.15) is 22.3 Å². The van der Waals surface area contributed by atoms with Gasteiger partial charge in [0.05, 0.1) is 5.41 Å². The van der Waals surface area contributed by atoms with Crippen LogP contribution in [0.4, 0.5) is 17.1 Å². The van der Waals surface area contributed by atoms with Gasteiger partial charge >= 0.3 is 0 Å². The maximum absolute atomic E-state index is 6.89. The van der Waals surface area contributed by atoms with Crippen LogP contribution in [0.25, 0.3) is 64.4 Å². The summed E-state index contributed by atoms with van der Waals surface area (Å²) in [4.78, 5) is 2.38. The summed E-state index contributed by atoms with van der Waals surface area (Å²) in [5.41, 5.74) is 14.5. The fourth-order valence-corrected chi connectivity index (χ4v) is 10.8. The van der Waals surface area contributed by atoms with Crippen molar-refractivity contribution in [1.29, 1.82) is 0 Å². The van der Waals surface area contributed by atoms with E-state index in [2.05, 4.69) is 217 Å². The monoisotopic (exact) mass is 757 g/mol. The summed E-state index contributed by atoms with van der Waals surface area (Å²) in [6.07, 6.45) is 0. The molecule has 0 saturated heterocycles. The number of hydrogen-bond acceptors (Lipinski definition) is 3. The lowest BCUT2D eigenvalue weighted by atomic mass is 9.67. The molecular weight excluding hydrogens is 723 g/mol. The minimum Gasteiger partial charge on any atom is -0.455 e. The van der Waals surface area contributed by atoms with Gasteiger partial charge in [-0.2, -0.15) is 0 Å². The Bertz CT molecular complexity index is 3290. The molecular formula is C55H35NOS. The Morgan fingerprint density at radius 3 is 1.74 bits per heavy atom. The molecule has 0 aliphatic heterocycles. The lowest BCUT2D eigenvalue weighted by Crippen LogP contribution is -2.28. The zero-order valence-electron chi connectivity index (χ0n) is 31.5. The summed E-state index contributed by atoms with van der Waals surface area (Å²) in [7, 11) is 0. The predicted molar refractivity (Wildman–Crippen MR) is 244 cm³/mol. The molecule has 11 aromatic rings. The largest absolute Gasteiger partial charge is 0.455 e. The van der Waals surface area contributed by atoms with E-state index < -0.39 is 5.41 Å². The average molecular weight is 758 g/mol. The third-order valence-corrected chi connectivity index (χ3v) is 13.3. The first kappa shape index (κ1) is 33.0. The van der Waals surface area contributed by atoms with Crippen molar-refractivity contribution in [1.82, 2.24) is 0 Å². The maximum atomic E-state index is 6.89. The van der Waals surface area contributed by atoms with Crippen LogP contribution in [-0.4, -0.2) is 0 Å². The van der Waals surface area contributed by atoms with Gasteiger partial charge in [0.15, 0.2) is 0 Å². The van der Waals surface area contributed by atoms with Gasteiger partial charge in [-0.1, -0.05) is 158 Å². The Balaban J connectivity index is 1.02. The van der Waals surface area contributed by atoms with Crippen LogP contribution in [0.3, 0.4) is 0 Å². The second-order valence-electron chi connectivity index (χ2n) is 15.2. The van der Waals surface area contributed by atoms with Crippen LogP contribution in [0.5, 0.6) is 0 Å². The lowest BCUT2D eigenvalue weighted by Gasteiger charge is -2.35. The molecule has 12 rings (SSSR count). The van der Waals surface area contributed by atoms with Crippen LogP contribution in [-0.2, 0) is 5.41 Å². The Morgan fingerprint density at radius 1 is 0.379 bits per heavy atom. The SMILES string of the molecule is c1ccc(N(c2ccc(-c3cccc4c3oc3c4ccc4sc5ccccc5c43)cc2)c2ccc3c(c2)C(c2ccccc2)(c2ccccc2)c2ccccc2-3)cc1. The number of thiophene rings is 1. The van der Waals surface area contributed by atoms with Crippen molar-refractivity contribution in [2.24, 2.45) is 0 Å². The predicted octanol–water partition coefficient (Wildman–Crippen LogP) is 15.5. The van der Waals surface area contributed by atoms with E-state index >= 15 is 0 Å². The Morgan fingerprint density at radius 2 is 0.966 bits per heavy atom. The zero-order chi connectivity index (χ0) is 38.2. The number of para-hydroxylation sites is 2. The fraction of sp³-hybridized carbons (Fsp3) is 0.0182. The molecule has 0 fully saturated rings. The number of anilines is 3. The fourth-order valence-electron chi connectivity index (χ4n) is 9.68. The quantitative estimate of drug-likeness (QED) is 0.168. The highest BCUT2D eigenvalue weighted by Crippen LogP contribution is 2.57. The van der Waals surface area contributed by atoms with Gasteiger partial charge in [-0.3, -0.25) is 0 Å². The molecule has 0 radical (unpaired) electrons. The molecule has 9 aromatic carbocycles. The van der Waals surface area contributed by atoms with E-state index in [4.69, 9.17) is 4.42 Å². The average Bonchev–Trinajstić information content (AvgIpc) is 3.96. The van der Waals surface area contributed by atoms with Crippen molar-refractivity contribution in [3.8, 4) is 22.3 Å². The molecule has 0 spiro atoms. The van der Waals surface area contributed by atoms with Crippen molar-refractivity contribution in [2.75, 3.05) is 4.90 Å². The minimum atomic E-state index is -0.483. The van der Waals surface area contributed by atoms with Gasteiger partial charge < -0.3 is 9.32 Å². The smallest absolute Gasteiger partial charge is 0.144 e. The number of fused-ring (bicyclic) bond motifs is 10. The zero-order valence-corrected chi connectivity index (χ0v) is 32.3. The highest BCUT2D eigenvalue weighted by atomic mass is 32.1. The van der Waals surface area contributed by atoms with Gasteiger partial charge in [-0.05, 0) is 93.5 Å². The molecule has 1 aliphatic rings. The minimum absolute atomic E-state index is 0.483.